The van der Waals surface area contributed by atoms with Crippen molar-refractivity contribution in [2.75, 3.05) is 37.6 Å². The van der Waals surface area contributed by atoms with E-state index >= 15 is 0 Å². The number of likely N-dealkylation sites (tertiary alicyclic amines) is 1. The summed E-state index contributed by atoms with van der Waals surface area (Å²) >= 11 is 6.16. The van der Waals surface area contributed by atoms with Gasteiger partial charge in [-0.05, 0) is 80.8 Å². The van der Waals surface area contributed by atoms with E-state index in [4.69, 9.17) is 16.3 Å². The molecule has 2 aliphatic heterocycles. The van der Waals surface area contributed by atoms with Crippen molar-refractivity contribution in [3.05, 3.63) is 88.8 Å². The summed E-state index contributed by atoms with van der Waals surface area (Å²) in [6.45, 7) is 6.00. The van der Waals surface area contributed by atoms with Crippen molar-refractivity contribution in [1.82, 2.24) is 14.8 Å². The van der Waals surface area contributed by atoms with Gasteiger partial charge in [0.2, 0.25) is 5.91 Å². The number of ketones is 1. The van der Waals surface area contributed by atoms with Crippen LogP contribution in [0.5, 0.6) is 5.75 Å². The van der Waals surface area contributed by atoms with Crippen LogP contribution in [0.3, 0.4) is 0 Å². The average molecular weight is 593 g/mol. The highest BCUT2D eigenvalue weighted by atomic mass is 35.5. The summed E-state index contributed by atoms with van der Waals surface area (Å²) in [4.78, 5) is 48.8. The average Bonchev–Trinajstić information content (AvgIpc) is 3.44. The van der Waals surface area contributed by atoms with Crippen LogP contribution in [0.1, 0.15) is 48.5 Å². The minimum absolute atomic E-state index is 0.0236. The van der Waals surface area contributed by atoms with E-state index in [9.17, 15) is 18.8 Å². The highest BCUT2D eigenvalue weighted by Gasteiger charge is 2.43. The molecule has 0 spiro atoms. The summed E-state index contributed by atoms with van der Waals surface area (Å²) < 4.78 is 19.0. The lowest BCUT2D eigenvalue weighted by atomic mass is 9.93. The van der Waals surface area contributed by atoms with Gasteiger partial charge in [-0.25, -0.2) is 14.2 Å². The molecule has 5 rings (SSSR count). The number of halogens is 2. The first-order valence-electron chi connectivity index (χ1n) is 14.2. The van der Waals surface area contributed by atoms with Gasteiger partial charge in [0.1, 0.15) is 17.4 Å². The summed E-state index contributed by atoms with van der Waals surface area (Å²) in [6.07, 6.45) is 2.42. The second-order valence-corrected chi connectivity index (χ2v) is 11.2. The predicted octanol–water partition coefficient (Wildman–Crippen LogP) is 5.81. The molecule has 10 heteroatoms. The molecule has 2 atom stereocenters. The molecular weight excluding hydrogens is 559 g/mol. The molecule has 8 nitrogen and oxygen atoms in total. The summed E-state index contributed by atoms with van der Waals surface area (Å²) in [5.74, 6) is 0.435. The van der Waals surface area contributed by atoms with Gasteiger partial charge in [0, 0.05) is 61.3 Å². The first-order valence-corrected chi connectivity index (χ1v) is 14.6. The Labute approximate surface area is 250 Å². The highest BCUT2D eigenvalue weighted by molar-refractivity contribution is 6.30. The molecule has 0 radical (unpaired) electrons. The van der Waals surface area contributed by atoms with Crippen LogP contribution in [0.4, 0.5) is 15.0 Å². The number of rotatable bonds is 7. The number of nitrogens with zero attached hydrogens (tertiary/aromatic N) is 4. The molecule has 0 N–H and O–H groups in total. The number of amides is 2. The molecule has 42 heavy (non-hydrogen) atoms. The monoisotopic (exact) mass is 592 g/mol. The third-order valence-corrected chi connectivity index (χ3v) is 8.47. The van der Waals surface area contributed by atoms with Crippen molar-refractivity contribution in [3.63, 3.8) is 0 Å². The molecular formula is C32H34ClFN4O4. The van der Waals surface area contributed by atoms with Gasteiger partial charge in [-0.15, -0.1) is 0 Å². The number of carbonyl (C=O) groups excluding carboxylic acids is 3. The van der Waals surface area contributed by atoms with Crippen LogP contribution in [0.2, 0.25) is 5.02 Å². The van der Waals surface area contributed by atoms with Crippen LogP contribution in [-0.4, -0.2) is 71.3 Å². The zero-order valence-electron chi connectivity index (χ0n) is 23.7. The van der Waals surface area contributed by atoms with Gasteiger partial charge < -0.3 is 19.4 Å². The molecule has 2 aromatic carbocycles. The summed E-state index contributed by atoms with van der Waals surface area (Å²) in [5, 5.41) is 0.612. The quantitative estimate of drug-likeness (QED) is 0.322. The van der Waals surface area contributed by atoms with E-state index in [1.54, 1.807) is 17.2 Å². The molecule has 0 unspecified atom stereocenters. The third-order valence-electron chi connectivity index (χ3n) is 8.22. The third kappa shape index (κ3) is 6.57. The number of benzene rings is 2. The molecule has 220 valence electrons. The highest BCUT2D eigenvalue weighted by Crippen LogP contribution is 2.35. The van der Waals surface area contributed by atoms with E-state index in [0.29, 0.717) is 56.2 Å². The fourth-order valence-corrected chi connectivity index (χ4v) is 6.00. The first kappa shape index (κ1) is 29.5. The van der Waals surface area contributed by atoms with Crippen molar-refractivity contribution in [2.45, 2.75) is 38.6 Å². The number of hydrogen-bond acceptors (Lipinski definition) is 6. The molecule has 0 saturated carbocycles. The maximum absolute atomic E-state index is 13.8. The largest absolute Gasteiger partial charge is 0.415 e. The number of likely N-dealkylation sites (N-methyl/N-ethyl adjacent to an activating group) is 1. The lowest BCUT2D eigenvalue weighted by Crippen LogP contribution is -2.47. The summed E-state index contributed by atoms with van der Waals surface area (Å²) in [7, 11) is 0. The molecule has 3 heterocycles. The normalized spacial score (nSPS) is 19.0. The first-order chi connectivity index (χ1) is 20.2. The maximum atomic E-state index is 13.8. The molecule has 2 fully saturated rings. The van der Waals surface area contributed by atoms with Crippen LogP contribution in [0.15, 0.2) is 66.9 Å². The van der Waals surface area contributed by atoms with Gasteiger partial charge >= 0.3 is 6.09 Å². The standard InChI is InChI=1S/C32H34ClFN4O4/c1-3-38(32(41)42-27-11-9-26(34)10-12-27)29-20-37(19-28(29)22-4-7-25(33)8-5-22)31(40)23-14-16-36(17-15-23)30-13-6-24(18-35-30)21(2)39/h4-13,18,23,28-29H,3,14-17,19-20H2,1-2H3/t28-,29+/m0/s1. The molecule has 3 aromatic rings. The lowest BCUT2D eigenvalue weighted by Gasteiger charge is -2.34. The predicted molar refractivity (Wildman–Crippen MR) is 159 cm³/mol. The van der Waals surface area contributed by atoms with Crippen LogP contribution >= 0.6 is 11.6 Å². The van der Waals surface area contributed by atoms with Gasteiger partial charge in [0.05, 0.1) is 6.04 Å². The van der Waals surface area contributed by atoms with Crippen molar-refractivity contribution < 1.29 is 23.5 Å². The number of carbonyl (C=O) groups is 3. The Hall–Kier alpha value is -3.98. The van der Waals surface area contributed by atoms with Crippen molar-refractivity contribution in [3.8, 4) is 5.75 Å². The summed E-state index contributed by atoms with van der Waals surface area (Å²) in [6, 6.07) is 16.2. The molecule has 0 aliphatic carbocycles. The van der Waals surface area contributed by atoms with E-state index in [0.717, 1.165) is 11.4 Å². The van der Waals surface area contributed by atoms with Gasteiger partial charge in [-0.3, -0.25) is 9.59 Å². The van der Waals surface area contributed by atoms with Gasteiger partial charge in [-0.1, -0.05) is 23.7 Å². The fraction of sp³-hybridized carbons (Fsp3) is 0.375. The van der Waals surface area contributed by atoms with E-state index in [1.165, 1.54) is 31.2 Å². The van der Waals surface area contributed by atoms with Crippen molar-refractivity contribution in [1.29, 1.82) is 0 Å². The maximum Gasteiger partial charge on any atom is 0.415 e. The number of pyridine rings is 1. The molecule has 0 bridgehead atoms. The number of anilines is 1. The van der Waals surface area contributed by atoms with Crippen LogP contribution in [0.25, 0.3) is 0 Å². The minimum Gasteiger partial charge on any atom is -0.410 e. The second kappa shape index (κ2) is 12.9. The van der Waals surface area contributed by atoms with E-state index in [1.807, 2.05) is 42.2 Å². The van der Waals surface area contributed by atoms with Gasteiger partial charge in [0.25, 0.3) is 0 Å². The number of hydrogen-bond donors (Lipinski definition) is 0. The molecule has 2 aliphatic rings. The van der Waals surface area contributed by atoms with Crippen molar-refractivity contribution in [2.24, 2.45) is 5.92 Å². The second-order valence-electron chi connectivity index (χ2n) is 10.8. The van der Waals surface area contributed by atoms with Crippen LogP contribution in [0, 0.1) is 11.7 Å². The Morgan fingerprint density at radius 2 is 1.69 bits per heavy atom. The van der Waals surface area contributed by atoms with Gasteiger partial charge in [-0.2, -0.15) is 0 Å². The Morgan fingerprint density at radius 3 is 2.29 bits per heavy atom. The zero-order valence-corrected chi connectivity index (χ0v) is 24.5. The Kier molecular flexibility index (Phi) is 9.06. The smallest absolute Gasteiger partial charge is 0.410 e. The molecule has 2 saturated heterocycles. The fourth-order valence-electron chi connectivity index (χ4n) is 5.88. The number of aromatic nitrogens is 1. The Bertz CT molecular complexity index is 1410. The Morgan fingerprint density at radius 1 is 1.00 bits per heavy atom. The minimum atomic E-state index is -0.543. The lowest BCUT2D eigenvalue weighted by molar-refractivity contribution is -0.135. The zero-order chi connectivity index (χ0) is 29.8. The van der Waals surface area contributed by atoms with Crippen LogP contribution < -0.4 is 9.64 Å². The summed E-state index contributed by atoms with van der Waals surface area (Å²) in [5.41, 5.74) is 1.56. The van der Waals surface area contributed by atoms with E-state index < -0.39 is 11.9 Å². The topological polar surface area (TPSA) is 83.0 Å². The number of ether oxygens (including phenoxy) is 1. The van der Waals surface area contributed by atoms with Crippen molar-refractivity contribution >= 4 is 35.2 Å². The van der Waals surface area contributed by atoms with E-state index in [-0.39, 0.29) is 35.3 Å². The molecule has 2 amide bonds. The van der Waals surface area contributed by atoms with Crippen LogP contribution in [-0.2, 0) is 4.79 Å². The van der Waals surface area contributed by atoms with Gasteiger partial charge in [0.15, 0.2) is 5.78 Å². The Balaban J connectivity index is 1.29. The SMILES string of the molecule is CCN(C(=O)Oc1ccc(F)cc1)[C@@H]1CN(C(=O)C2CCN(c3ccc(C(C)=O)cn3)CC2)C[C@H]1c1ccc(Cl)cc1. The molecule has 1 aromatic heterocycles. The number of piperidine rings is 1. The number of Topliss-reactive ketones (excluding diaryl/α,β-unsaturated/α-hetero) is 1. The van der Waals surface area contributed by atoms with E-state index in [2.05, 4.69) is 9.88 Å².